The molecule has 0 aliphatic heterocycles. The first-order chi connectivity index (χ1) is 7.32. The van der Waals surface area contributed by atoms with Gasteiger partial charge in [-0.3, -0.25) is 9.52 Å². The number of carbonyl (C=O) groups is 1. The molecule has 1 amide bonds. The molecule has 1 fully saturated rings. The summed E-state index contributed by atoms with van der Waals surface area (Å²) in [5.41, 5.74) is 5.12. The minimum Gasteiger partial charge on any atom is -0.327 e. The lowest BCUT2D eigenvalue weighted by Crippen LogP contribution is -2.49. The van der Waals surface area contributed by atoms with E-state index in [-0.39, 0.29) is 11.8 Å². The van der Waals surface area contributed by atoms with Crippen molar-refractivity contribution in [1.82, 2.24) is 4.72 Å². The number of nitrogens with one attached hydrogen (secondary N) is 1. The van der Waals surface area contributed by atoms with Gasteiger partial charge in [-0.05, 0) is 26.2 Å². The van der Waals surface area contributed by atoms with Gasteiger partial charge in [-0.15, -0.1) is 0 Å². The summed E-state index contributed by atoms with van der Waals surface area (Å²) in [4.78, 5) is 11.9. The smallest absolute Gasteiger partial charge is 0.240 e. The first-order valence-corrected chi connectivity index (χ1v) is 7.27. The summed E-state index contributed by atoms with van der Waals surface area (Å²) in [6.07, 6.45) is 2.80. The summed E-state index contributed by atoms with van der Waals surface area (Å²) in [6.45, 7) is 3.49. The molecule has 0 heterocycles. The van der Waals surface area contributed by atoms with E-state index in [1.807, 2.05) is 0 Å². The van der Waals surface area contributed by atoms with Crippen LogP contribution in [-0.2, 0) is 14.8 Å². The molecule has 1 saturated carbocycles. The van der Waals surface area contributed by atoms with Crippen molar-refractivity contribution in [3.8, 4) is 0 Å². The zero-order valence-electron chi connectivity index (χ0n) is 9.82. The van der Waals surface area contributed by atoms with Gasteiger partial charge in [0.05, 0.1) is 11.2 Å². The van der Waals surface area contributed by atoms with Gasteiger partial charge >= 0.3 is 0 Å². The summed E-state index contributed by atoms with van der Waals surface area (Å²) in [7, 11) is -3.48. The molecule has 0 bridgehead atoms. The number of sulfonamides is 1. The van der Waals surface area contributed by atoms with Gasteiger partial charge in [0.1, 0.15) is 0 Å². The van der Waals surface area contributed by atoms with E-state index >= 15 is 0 Å². The molecule has 2 atom stereocenters. The summed E-state index contributed by atoms with van der Waals surface area (Å²) in [5, 5.41) is 0. The lowest BCUT2D eigenvalue weighted by Gasteiger charge is -2.27. The highest BCUT2D eigenvalue weighted by atomic mass is 32.2. The zero-order chi connectivity index (χ0) is 12.4. The second-order valence-electron chi connectivity index (χ2n) is 4.67. The van der Waals surface area contributed by atoms with Gasteiger partial charge in [0.25, 0.3) is 0 Å². The number of hydrogen-bond donors (Lipinski definition) is 2. The molecule has 1 rings (SSSR count). The zero-order valence-corrected chi connectivity index (χ0v) is 10.6. The summed E-state index contributed by atoms with van der Waals surface area (Å²) < 4.78 is 25.1. The van der Waals surface area contributed by atoms with E-state index in [1.54, 1.807) is 13.8 Å². The van der Waals surface area contributed by atoms with Crippen LogP contribution in [0.3, 0.4) is 0 Å². The third-order valence-corrected chi connectivity index (χ3v) is 4.71. The van der Waals surface area contributed by atoms with Crippen molar-refractivity contribution in [3.05, 3.63) is 0 Å². The van der Waals surface area contributed by atoms with Gasteiger partial charge in [0.15, 0.2) is 0 Å². The molecule has 94 valence electrons. The molecule has 6 heteroatoms. The first kappa shape index (κ1) is 13.4. The fourth-order valence-corrected chi connectivity index (χ4v) is 3.21. The highest BCUT2D eigenvalue weighted by Gasteiger charge is 2.44. The predicted molar refractivity (Wildman–Crippen MR) is 62.2 cm³/mol. The van der Waals surface area contributed by atoms with E-state index in [1.165, 1.54) is 0 Å². The van der Waals surface area contributed by atoms with E-state index in [2.05, 4.69) is 4.72 Å². The van der Waals surface area contributed by atoms with Gasteiger partial charge < -0.3 is 5.73 Å². The molecular weight excluding hydrogens is 228 g/mol. The SMILES string of the molecule is CCCS(=O)(=O)NC(=O)C1(C)CCCC1N. The highest BCUT2D eigenvalue weighted by molar-refractivity contribution is 7.90. The van der Waals surface area contributed by atoms with E-state index in [9.17, 15) is 13.2 Å². The Kier molecular flexibility index (Phi) is 3.96. The molecule has 1 aliphatic carbocycles. The quantitative estimate of drug-likeness (QED) is 0.751. The Labute approximate surface area is 96.8 Å². The Balaban J connectivity index is 2.72. The molecule has 1 aliphatic rings. The number of nitrogens with two attached hydrogens (primary N) is 1. The van der Waals surface area contributed by atoms with Crippen LogP contribution in [0, 0.1) is 5.41 Å². The average Bonchev–Trinajstić information content (AvgIpc) is 2.47. The molecule has 0 saturated heterocycles. The maximum Gasteiger partial charge on any atom is 0.240 e. The number of rotatable bonds is 4. The molecule has 0 radical (unpaired) electrons. The molecule has 0 aromatic heterocycles. The second-order valence-corrected chi connectivity index (χ2v) is 6.51. The van der Waals surface area contributed by atoms with Crippen LogP contribution in [-0.4, -0.2) is 26.1 Å². The van der Waals surface area contributed by atoms with E-state index in [0.29, 0.717) is 12.8 Å². The van der Waals surface area contributed by atoms with Gasteiger partial charge in [0, 0.05) is 6.04 Å². The lowest BCUT2D eigenvalue weighted by molar-refractivity contribution is -0.128. The van der Waals surface area contributed by atoms with Crippen molar-refractivity contribution < 1.29 is 13.2 Å². The maximum absolute atomic E-state index is 11.9. The fraction of sp³-hybridized carbons (Fsp3) is 0.900. The fourth-order valence-electron chi connectivity index (χ4n) is 2.05. The predicted octanol–water partition coefficient (Wildman–Crippen LogP) is 0.360. The van der Waals surface area contributed by atoms with Crippen molar-refractivity contribution in [2.24, 2.45) is 11.1 Å². The standard InChI is InChI=1S/C10H20N2O3S/c1-3-7-16(14,15)12-9(13)10(2)6-4-5-8(10)11/h8H,3-7,11H2,1-2H3,(H,12,13). The van der Waals surface area contributed by atoms with Crippen LogP contribution in [0.2, 0.25) is 0 Å². The van der Waals surface area contributed by atoms with E-state index in [0.717, 1.165) is 12.8 Å². The number of amides is 1. The van der Waals surface area contributed by atoms with Crippen LogP contribution < -0.4 is 10.5 Å². The molecule has 5 nitrogen and oxygen atoms in total. The Bertz CT molecular complexity index is 366. The highest BCUT2D eigenvalue weighted by Crippen LogP contribution is 2.36. The number of carbonyl (C=O) groups excluding carboxylic acids is 1. The van der Waals surface area contributed by atoms with Gasteiger partial charge in [-0.25, -0.2) is 8.42 Å². The monoisotopic (exact) mass is 248 g/mol. The lowest BCUT2D eigenvalue weighted by atomic mass is 9.85. The molecule has 0 aromatic rings. The van der Waals surface area contributed by atoms with Crippen LogP contribution in [0.5, 0.6) is 0 Å². The minimum absolute atomic E-state index is 0.0238. The number of hydrogen-bond acceptors (Lipinski definition) is 4. The normalized spacial score (nSPS) is 30.3. The third kappa shape index (κ3) is 2.74. The van der Waals surface area contributed by atoms with Crippen LogP contribution in [0.25, 0.3) is 0 Å². The van der Waals surface area contributed by atoms with Crippen LogP contribution in [0.15, 0.2) is 0 Å². The Morgan fingerprint density at radius 2 is 2.19 bits per heavy atom. The molecular formula is C10H20N2O3S. The second kappa shape index (κ2) is 4.71. The van der Waals surface area contributed by atoms with Crippen LogP contribution >= 0.6 is 0 Å². The maximum atomic E-state index is 11.9. The van der Waals surface area contributed by atoms with Crippen molar-refractivity contribution in [2.75, 3.05) is 5.75 Å². The van der Waals surface area contributed by atoms with Gasteiger partial charge in [-0.1, -0.05) is 13.3 Å². The van der Waals surface area contributed by atoms with Crippen molar-refractivity contribution in [3.63, 3.8) is 0 Å². The Hall–Kier alpha value is -0.620. The van der Waals surface area contributed by atoms with E-state index < -0.39 is 21.3 Å². The molecule has 2 unspecified atom stereocenters. The molecule has 3 N–H and O–H groups in total. The Morgan fingerprint density at radius 3 is 2.62 bits per heavy atom. The third-order valence-electron chi connectivity index (χ3n) is 3.27. The Morgan fingerprint density at radius 1 is 1.56 bits per heavy atom. The topological polar surface area (TPSA) is 89.3 Å². The minimum atomic E-state index is -3.48. The van der Waals surface area contributed by atoms with Gasteiger partial charge in [0.2, 0.25) is 15.9 Å². The van der Waals surface area contributed by atoms with Crippen molar-refractivity contribution >= 4 is 15.9 Å². The summed E-state index contributed by atoms with van der Waals surface area (Å²) >= 11 is 0. The van der Waals surface area contributed by atoms with Crippen molar-refractivity contribution in [1.29, 1.82) is 0 Å². The van der Waals surface area contributed by atoms with E-state index in [4.69, 9.17) is 5.73 Å². The van der Waals surface area contributed by atoms with Crippen LogP contribution in [0.1, 0.15) is 39.5 Å². The van der Waals surface area contributed by atoms with Crippen molar-refractivity contribution in [2.45, 2.75) is 45.6 Å². The average molecular weight is 248 g/mol. The first-order valence-electron chi connectivity index (χ1n) is 5.62. The van der Waals surface area contributed by atoms with Gasteiger partial charge in [-0.2, -0.15) is 0 Å². The molecule has 0 spiro atoms. The van der Waals surface area contributed by atoms with Crippen LogP contribution in [0.4, 0.5) is 0 Å². The molecule has 0 aromatic carbocycles. The largest absolute Gasteiger partial charge is 0.327 e. The molecule has 16 heavy (non-hydrogen) atoms. The summed E-state index contributed by atoms with van der Waals surface area (Å²) in [5.74, 6) is -0.477. The summed E-state index contributed by atoms with van der Waals surface area (Å²) in [6, 6.07) is -0.246.